The van der Waals surface area contributed by atoms with Crippen molar-refractivity contribution in [1.82, 2.24) is 19.7 Å². The van der Waals surface area contributed by atoms with Crippen molar-refractivity contribution in [2.24, 2.45) is 0 Å². The van der Waals surface area contributed by atoms with Crippen LogP contribution in [0.25, 0.3) is 16.5 Å². The molecule has 2 aromatic heterocycles. The maximum atomic E-state index is 13.5. The summed E-state index contributed by atoms with van der Waals surface area (Å²) in [6, 6.07) is 32.0. The first-order valence-electron chi connectivity index (χ1n) is 15.3. The van der Waals surface area contributed by atoms with Crippen molar-refractivity contribution in [1.29, 1.82) is 0 Å². The molecular formula is C36H38N7O3PS. The number of carbonyl (C=O) groups excluding carboxylic acids is 1. The molecule has 0 unspecified atom stereocenters. The molecule has 6 rings (SSSR count). The van der Waals surface area contributed by atoms with Crippen molar-refractivity contribution in [2.75, 3.05) is 48.0 Å². The smallest absolute Gasteiger partial charge is 0.324 e. The van der Waals surface area contributed by atoms with Gasteiger partial charge in [0.15, 0.2) is 0 Å². The number of urea groups is 1. The lowest BCUT2D eigenvalue weighted by Gasteiger charge is -2.21. The Balaban J connectivity index is 1.24. The Labute approximate surface area is 281 Å². The molecule has 0 radical (unpaired) electrons. The van der Waals surface area contributed by atoms with Crippen LogP contribution in [0, 0.1) is 0 Å². The van der Waals surface area contributed by atoms with E-state index in [1.807, 2.05) is 84.9 Å². The summed E-state index contributed by atoms with van der Waals surface area (Å²) < 4.78 is 20.5. The van der Waals surface area contributed by atoms with Crippen molar-refractivity contribution in [3.05, 3.63) is 115 Å². The minimum absolute atomic E-state index is 0.377. The number of hydrogen-bond acceptors (Lipinski definition) is 7. The van der Waals surface area contributed by atoms with Crippen LogP contribution in [0.5, 0.6) is 11.6 Å². The van der Waals surface area contributed by atoms with Gasteiger partial charge in [0.2, 0.25) is 11.8 Å². The Morgan fingerprint density at radius 2 is 1.60 bits per heavy atom. The molecule has 12 heteroatoms. The van der Waals surface area contributed by atoms with Crippen LogP contribution in [-0.4, -0.2) is 57.9 Å². The predicted octanol–water partition coefficient (Wildman–Crippen LogP) is 9.17. The Bertz CT molecular complexity index is 2140. The highest BCUT2D eigenvalue weighted by Gasteiger charge is 2.20. The molecule has 3 N–H and O–H groups in total. The summed E-state index contributed by atoms with van der Waals surface area (Å²) in [6.07, 6.45) is 8.58. The van der Waals surface area contributed by atoms with Crippen LogP contribution in [-0.2, 0) is 10.7 Å². The number of carbonyl (C=O) groups is 1. The standard InChI is InChI=1S/C36H38N7O3PS/c1-47(2,45)24-25-12-11-15-27(22-25)43-32(23-34(42-43)48(3,4)5)40-36(44)39-30-18-19-31(29-17-10-9-16-28(29)30)46-33-20-21-37-35(41-33)38-26-13-7-6-8-14-26/h6-23H,24H2,1-5H3,(H,37,38,41)(H2,39,40,44). The molecule has 10 nitrogen and oxygen atoms in total. The van der Waals surface area contributed by atoms with Gasteiger partial charge in [-0.3, -0.25) is 5.32 Å². The second kappa shape index (κ2) is 13.5. The second-order valence-electron chi connectivity index (χ2n) is 12.6. The number of nitrogens with zero attached hydrogens (tertiary/aromatic N) is 4. The van der Waals surface area contributed by atoms with E-state index in [-0.39, 0.29) is 0 Å². The Morgan fingerprint density at radius 3 is 2.35 bits per heavy atom. The maximum Gasteiger partial charge on any atom is 0.324 e. The molecule has 0 aliphatic rings. The fraction of sp³-hybridized carbons (Fsp3) is 0.167. The van der Waals surface area contributed by atoms with Gasteiger partial charge in [-0.25, -0.2) is 24.5 Å². The van der Waals surface area contributed by atoms with Crippen LogP contribution in [0.2, 0.25) is 0 Å². The monoisotopic (exact) mass is 679 g/mol. The lowest BCUT2D eigenvalue weighted by atomic mass is 10.1. The number of para-hydroxylation sites is 1. The summed E-state index contributed by atoms with van der Waals surface area (Å²) >= 11 is 0. The number of hydrogen-bond donors (Lipinski definition) is 3. The zero-order valence-electron chi connectivity index (χ0n) is 27.5. The minimum Gasteiger partial charge on any atom is -0.438 e. The number of benzene rings is 4. The quantitative estimate of drug-likeness (QED) is 0.123. The highest BCUT2D eigenvalue weighted by molar-refractivity contribution is 8.32. The molecule has 6 aromatic rings. The summed E-state index contributed by atoms with van der Waals surface area (Å²) in [5.41, 5.74) is 3.22. The van der Waals surface area contributed by atoms with Crippen LogP contribution < -0.4 is 20.7 Å². The number of amides is 2. The minimum atomic E-state index is -2.28. The number of nitrogens with one attached hydrogen (secondary N) is 3. The normalized spacial score (nSPS) is 12.0. The van der Waals surface area contributed by atoms with Crippen LogP contribution in [0.1, 0.15) is 5.56 Å². The molecule has 4 aromatic carbocycles. The Kier molecular flexibility index (Phi) is 9.26. The van der Waals surface area contributed by atoms with Crippen molar-refractivity contribution < 1.29 is 14.1 Å². The fourth-order valence-corrected chi connectivity index (χ4v) is 7.00. The average molecular weight is 680 g/mol. The number of fused-ring (bicyclic) bond motifs is 1. The van der Waals surface area contributed by atoms with Crippen molar-refractivity contribution in [3.8, 4) is 17.3 Å². The lowest BCUT2D eigenvalue weighted by Crippen LogP contribution is -2.21. The SMILES string of the molecule is CP(C)(=O)Cc1cccc(-n2nc(S(C)(C)C)cc2NC(=O)Nc2ccc(Oc3ccnc(Nc4ccccc4)n3)c3ccccc23)c1. The molecule has 2 amide bonds. The van der Waals surface area contributed by atoms with Gasteiger partial charge in [-0.1, -0.05) is 54.6 Å². The van der Waals surface area contributed by atoms with Crippen molar-refractivity contribution in [3.63, 3.8) is 0 Å². The highest BCUT2D eigenvalue weighted by atomic mass is 32.3. The predicted molar refractivity (Wildman–Crippen MR) is 199 cm³/mol. The zero-order chi connectivity index (χ0) is 33.9. The number of aromatic nitrogens is 4. The molecular weight excluding hydrogens is 641 g/mol. The van der Waals surface area contributed by atoms with Gasteiger partial charge < -0.3 is 19.9 Å². The van der Waals surface area contributed by atoms with E-state index in [1.165, 1.54) is 0 Å². The van der Waals surface area contributed by atoms with E-state index in [0.29, 0.717) is 35.2 Å². The molecule has 0 aliphatic heterocycles. The van der Waals surface area contributed by atoms with Gasteiger partial charge in [-0.2, -0.15) is 10.1 Å². The van der Waals surface area contributed by atoms with Crippen LogP contribution in [0.3, 0.4) is 0 Å². The molecule has 48 heavy (non-hydrogen) atoms. The third kappa shape index (κ3) is 8.05. The summed E-state index contributed by atoms with van der Waals surface area (Å²) in [6.45, 7) is 3.57. The third-order valence-electron chi connectivity index (χ3n) is 7.28. The van der Waals surface area contributed by atoms with Gasteiger partial charge in [0.1, 0.15) is 16.6 Å². The number of ether oxygens (including phenoxy) is 1. The molecule has 0 aliphatic carbocycles. The Morgan fingerprint density at radius 1 is 0.854 bits per heavy atom. The lowest BCUT2D eigenvalue weighted by molar-refractivity contribution is 0.262. The first kappa shape index (κ1) is 32.8. The third-order valence-corrected chi connectivity index (χ3v) is 9.86. The molecule has 2 heterocycles. The summed E-state index contributed by atoms with van der Waals surface area (Å²) in [5.74, 6) is 1.91. The van der Waals surface area contributed by atoms with Crippen LogP contribution in [0.4, 0.5) is 27.9 Å². The largest absolute Gasteiger partial charge is 0.438 e. The van der Waals surface area contributed by atoms with Gasteiger partial charge in [-0.05, 0) is 74.1 Å². The average Bonchev–Trinajstić information content (AvgIpc) is 3.47. The van der Waals surface area contributed by atoms with Gasteiger partial charge in [0, 0.05) is 41.0 Å². The van der Waals surface area contributed by atoms with E-state index in [2.05, 4.69) is 44.7 Å². The van der Waals surface area contributed by atoms with Gasteiger partial charge in [-0.15, -0.1) is 0 Å². The van der Waals surface area contributed by atoms with E-state index in [1.54, 1.807) is 42.4 Å². The Hall–Kier alpha value is -5.12. The first-order valence-corrected chi connectivity index (χ1v) is 20.9. The van der Waals surface area contributed by atoms with E-state index in [4.69, 9.17) is 9.84 Å². The molecule has 0 fully saturated rings. The zero-order valence-corrected chi connectivity index (χ0v) is 29.2. The highest BCUT2D eigenvalue weighted by Crippen LogP contribution is 2.46. The summed E-state index contributed by atoms with van der Waals surface area (Å²) in [4.78, 5) is 22.4. The van der Waals surface area contributed by atoms with E-state index >= 15 is 0 Å². The molecule has 0 bridgehead atoms. The van der Waals surface area contributed by atoms with Crippen LogP contribution in [0.15, 0.2) is 114 Å². The molecule has 0 atom stereocenters. The van der Waals surface area contributed by atoms with Crippen LogP contribution >= 0.6 is 17.2 Å². The fourth-order valence-electron chi connectivity index (χ4n) is 5.13. The van der Waals surface area contributed by atoms with E-state index in [0.717, 1.165) is 32.7 Å². The second-order valence-corrected chi connectivity index (χ2v) is 20.1. The van der Waals surface area contributed by atoms with E-state index in [9.17, 15) is 9.36 Å². The van der Waals surface area contributed by atoms with Crippen molar-refractivity contribution >= 4 is 57.1 Å². The van der Waals surface area contributed by atoms with Gasteiger partial charge in [0.05, 0.1) is 18.5 Å². The first-order chi connectivity index (χ1) is 22.9. The van der Waals surface area contributed by atoms with Gasteiger partial charge >= 0.3 is 6.03 Å². The topological polar surface area (TPSA) is 123 Å². The number of anilines is 4. The molecule has 246 valence electrons. The van der Waals surface area contributed by atoms with Crippen molar-refractivity contribution in [2.45, 2.75) is 11.2 Å². The molecule has 0 saturated heterocycles. The summed E-state index contributed by atoms with van der Waals surface area (Å²) in [7, 11) is -3.48. The van der Waals surface area contributed by atoms with Gasteiger partial charge in [0.25, 0.3) is 0 Å². The summed E-state index contributed by atoms with van der Waals surface area (Å²) in [5, 5.41) is 16.6. The molecule has 0 spiro atoms. The molecule has 0 saturated carbocycles. The number of rotatable bonds is 10. The maximum absolute atomic E-state index is 13.5. The van der Waals surface area contributed by atoms with E-state index < -0.39 is 23.2 Å².